The summed E-state index contributed by atoms with van der Waals surface area (Å²) in [5.74, 6) is 0.909. The number of benzene rings is 2. The van der Waals surface area contributed by atoms with Crippen molar-refractivity contribution in [3.63, 3.8) is 0 Å². The molecule has 0 saturated carbocycles. The quantitative estimate of drug-likeness (QED) is 0.525. The number of carbonyl (C=O) groups is 1. The maximum atomic E-state index is 12.8. The Morgan fingerprint density at radius 3 is 2.61 bits per heavy atom. The third-order valence-corrected chi connectivity index (χ3v) is 6.82. The molecule has 33 heavy (non-hydrogen) atoms. The van der Waals surface area contributed by atoms with Crippen LogP contribution in [0.5, 0.6) is 11.5 Å². The summed E-state index contributed by atoms with van der Waals surface area (Å²) >= 11 is 0. The van der Waals surface area contributed by atoms with E-state index in [1.165, 1.54) is 4.31 Å². The number of sulfonamides is 1. The molecule has 1 aliphatic heterocycles. The predicted molar refractivity (Wildman–Crippen MR) is 129 cm³/mol. The first-order valence-corrected chi connectivity index (χ1v) is 13.2. The minimum Gasteiger partial charge on any atom is -0.489 e. The lowest BCUT2D eigenvalue weighted by molar-refractivity contribution is -0.121. The molecule has 0 saturated heterocycles. The van der Waals surface area contributed by atoms with Gasteiger partial charge >= 0.3 is 0 Å². The number of ether oxygens (including phenoxy) is 2. The van der Waals surface area contributed by atoms with Crippen LogP contribution in [-0.2, 0) is 21.4 Å². The fourth-order valence-electron chi connectivity index (χ4n) is 3.94. The summed E-state index contributed by atoms with van der Waals surface area (Å²) in [6, 6.07) is 14.7. The highest BCUT2D eigenvalue weighted by Gasteiger charge is 2.41. The van der Waals surface area contributed by atoms with E-state index in [2.05, 4.69) is 5.32 Å². The third kappa shape index (κ3) is 6.95. The average Bonchev–Trinajstić information content (AvgIpc) is 2.75. The molecule has 1 unspecified atom stereocenters. The van der Waals surface area contributed by atoms with Crippen molar-refractivity contribution in [3.8, 4) is 11.5 Å². The van der Waals surface area contributed by atoms with E-state index in [9.17, 15) is 13.2 Å². The standard InChI is InChI=1S/C25H34N2O5S/c1-5-6-14-26-24(28)17-27(33(4,29)30)22-16-25(2,3)32-23-13-12-20(15-21(22)23)31-18-19-10-8-7-9-11-19/h7-13,15,22H,5-6,14,16-18H2,1-4H3,(H,26,28). The SMILES string of the molecule is CCCCNC(=O)CN(C1CC(C)(C)Oc2ccc(OCc3ccccc3)cc21)S(C)(=O)=O. The largest absolute Gasteiger partial charge is 0.489 e. The van der Waals surface area contributed by atoms with Gasteiger partial charge in [0.15, 0.2) is 0 Å². The number of rotatable bonds is 10. The second-order valence-corrected chi connectivity index (χ2v) is 11.0. The number of unbranched alkanes of at least 4 members (excludes halogenated alkanes) is 1. The van der Waals surface area contributed by atoms with E-state index in [0.29, 0.717) is 36.6 Å². The fraction of sp³-hybridized carbons (Fsp3) is 0.480. The fourth-order valence-corrected chi connectivity index (χ4v) is 4.95. The van der Waals surface area contributed by atoms with Gasteiger partial charge in [-0.15, -0.1) is 0 Å². The molecule has 1 heterocycles. The number of hydrogen-bond acceptors (Lipinski definition) is 5. The van der Waals surface area contributed by atoms with Crippen LogP contribution in [0, 0.1) is 0 Å². The summed E-state index contributed by atoms with van der Waals surface area (Å²) in [6.07, 6.45) is 3.35. The van der Waals surface area contributed by atoms with Gasteiger partial charge in [0, 0.05) is 18.5 Å². The molecule has 0 spiro atoms. The average molecular weight is 475 g/mol. The zero-order valence-corrected chi connectivity index (χ0v) is 20.7. The van der Waals surface area contributed by atoms with Crippen molar-refractivity contribution in [1.29, 1.82) is 0 Å². The molecule has 0 aromatic heterocycles. The highest BCUT2D eigenvalue weighted by Crippen LogP contribution is 2.44. The number of amides is 1. The first-order valence-electron chi connectivity index (χ1n) is 11.3. The van der Waals surface area contributed by atoms with Crippen LogP contribution >= 0.6 is 0 Å². The molecule has 1 aliphatic rings. The smallest absolute Gasteiger partial charge is 0.235 e. The van der Waals surface area contributed by atoms with Gasteiger partial charge in [0.25, 0.3) is 0 Å². The van der Waals surface area contributed by atoms with Gasteiger partial charge < -0.3 is 14.8 Å². The topological polar surface area (TPSA) is 84.9 Å². The van der Waals surface area contributed by atoms with Gasteiger partial charge in [0.05, 0.1) is 18.8 Å². The maximum absolute atomic E-state index is 12.8. The first-order chi connectivity index (χ1) is 15.6. The second kappa shape index (κ2) is 10.6. The van der Waals surface area contributed by atoms with E-state index in [0.717, 1.165) is 24.7 Å². The van der Waals surface area contributed by atoms with Crippen LogP contribution in [0.2, 0.25) is 0 Å². The lowest BCUT2D eigenvalue weighted by Crippen LogP contribution is -2.47. The Morgan fingerprint density at radius 1 is 1.21 bits per heavy atom. The normalized spacial score (nSPS) is 17.2. The van der Waals surface area contributed by atoms with Crippen LogP contribution < -0.4 is 14.8 Å². The van der Waals surface area contributed by atoms with Crippen LogP contribution in [-0.4, -0.2) is 43.6 Å². The van der Waals surface area contributed by atoms with Crippen molar-refractivity contribution < 1.29 is 22.7 Å². The Labute approximate surface area is 197 Å². The van der Waals surface area contributed by atoms with Crippen molar-refractivity contribution >= 4 is 15.9 Å². The third-order valence-electron chi connectivity index (χ3n) is 5.59. The molecule has 2 aromatic carbocycles. The van der Waals surface area contributed by atoms with Gasteiger partial charge in [-0.25, -0.2) is 8.42 Å². The molecule has 180 valence electrons. The van der Waals surface area contributed by atoms with E-state index < -0.39 is 21.7 Å². The molecule has 7 nitrogen and oxygen atoms in total. The summed E-state index contributed by atoms with van der Waals surface area (Å²) < 4.78 is 39.0. The first kappa shape index (κ1) is 25.1. The molecule has 0 bridgehead atoms. The van der Waals surface area contributed by atoms with E-state index in [1.807, 2.05) is 69.3 Å². The number of nitrogens with one attached hydrogen (secondary N) is 1. The summed E-state index contributed by atoms with van der Waals surface area (Å²) in [7, 11) is -3.68. The van der Waals surface area contributed by atoms with Gasteiger partial charge in [-0.1, -0.05) is 43.7 Å². The number of hydrogen-bond donors (Lipinski definition) is 1. The van der Waals surface area contributed by atoms with Crippen molar-refractivity contribution in [1.82, 2.24) is 9.62 Å². The zero-order chi connectivity index (χ0) is 24.1. The van der Waals surface area contributed by atoms with E-state index in [-0.39, 0.29) is 12.5 Å². The zero-order valence-electron chi connectivity index (χ0n) is 19.8. The summed E-state index contributed by atoms with van der Waals surface area (Å²) in [5, 5.41) is 2.82. The number of carbonyl (C=O) groups excluding carboxylic acids is 1. The maximum Gasteiger partial charge on any atom is 0.235 e. The molecule has 0 radical (unpaired) electrons. The molecule has 1 amide bonds. The molecule has 0 aliphatic carbocycles. The summed E-state index contributed by atoms with van der Waals surface area (Å²) in [5.41, 5.74) is 1.14. The molecule has 8 heteroatoms. The van der Waals surface area contributed by atoms with Gasteiger partial charge in [-0.2, -0.15) is 4.31 Å². The minimum atomic E-state index is -3.68. The molecule has 3 rings (SSSR count). The Bertz CT molecular complexity index is 1050. The van der Waals surface area contributed by atoms with Crippen LogP contribution in [0.25, 0.3) is 0 Å². The molecule has 2 aromatic rings. The lowest BCUT2D eigenvalue weighted by atomic mass is 9.89. The van der Waals surface area contributed by atoms with Crippen molar-refractivity contribution in [2.45, 2.75) is 58.3 Å². The lowest BCUT2D eigenvalue weighted by Gasteiger charge is -2.41. The highest BCUT2D eigenvalue weighted by atomic mass is 32.2. The predicted octanol–water partition coefficient (Wildman–Crippen LogP) is 4.05. The Hall–Kier alpha value is -2.58. The van der Waals surface area contributed by atoms with Crippen molar-refractivity contribution in [2.75, 3.05) is 19.3 Å². The van der Waals surface area contributed by atoms with E-state index in [4.69, 9.17) is 9.47 Å². The van der Waals surface area contributed by atoms with E-state index >= 15 is 0 Å². The van der Waals surface area contributed by atoms with Gasteiger partial charge in [0.2, 0.25) is 15.9 Å². The Morgan fingerprint density at radius 2 is 1.94 bits per heavy atom. The second-order valence-electron chi connectivity index (χ2n) is 9.07. The summed E-state index contributed by atoms with van der Waals surface area (Å²) in [6.45, 7) is 6.56. The van der Waals surface area contributed by atoms with Crippen molar-refractivity contribution in [2.24, 2.45) is 0 Å². The molecule has 0 fully saturated rings. The monoisotopic (exact) mass is 474 g/mol. The Kier molecular flexibility index (Phi) is 8.02. The van der Waals surface area contributed by atoms with E-state index in [1.54, 1.807) is 0 Å². The van der Waals surface area contributed by atoms with Crippen LogP contribution in [0.4, 0.5) is 0 Å². The number of nitrogens with zero attached hydrogens (tertiary/aromatic N) is 1. The summed E-state index contributed by atoms with van der Waals surface area (Å²) in [4.78, 5) is 12.5. The van der Waals surface area contributed by atoms with Gasteiger partial charge in [-0.3, -0.25) is 4.79 Å². The van der Waals surface area contributed by atoms with Crippen molar-refractivity contribution in [3.05, 3.63) is 59.7 Å². The van der Waals surface area contributed by atoms with Gasteiger partial charge in [-0.05, 0) is 44.0 Å². The van der Waals surface area contributed by atoms with Gasteiger partial charge in [0.1, 0.15) is 23.7 Å². The Balaban J connectivity index is 1.88. The van der Waals surface area contributed by atoms with Crippen LogP contribution in [0.3, 0.4) is 0 Å². The molecule has 1 N–H and O–H groups in total. The minimum absolute atomic E-state index is 0.238. The molecule has 1 atom stereocenters. The van der Waals surface area contributed by atoms with Crippen LogP contribution in [0.1, 0.15) is 57.2 Å². The van der Waals surface area contributed by atoms with Crippen LogP contribution in [0.15, 0.2) is 48.5 Å². The molecular formula is C25H34N2O5S. The highest BCUT2D eigenvalue weighted by molar-refractivity contribution is 7.88. The molecular weight excluding hydrogens is 440 g/mol. The number of fused-ring (bicyclic) bond motifs is 1.